The summed E-state index contributed by atoms with van der Waals surface area (Å²) < 4.78 is 0. The number of fused-ring (bicyclic) bond motifs is 1. The first kappa shape index (κ1) is 13.3. The van der Waals surface area contributed by atoms with Crippen molar-refractivity contribution in [2.24, 2.45) is 0 Å². The van der Waals surface area contributed by atoms with Gasteiger partial charge in [0.05, 0.1) is 6.42 Å². The number of carbonyl (C=O) groups excluding carboxylic acids is 3. The maximum Gasteiger partial charge on any atom is 0.231 e. The molecule has 5 nitrogen and oxygen atoms in total. The van der Waals surface area contributed by atoms with Crippen LogP contribution in [0.1, 0.15) is 25.3 Å². The molecule has 2 amide bonds. The van der Waals surface area contributed by atoms with Crippen LogP contribution in [0.3, 0.4) is 0 Å². The van der Waals surface area contributed by atoms with Gasteiger partial charge in [-0.15, -0.1) is 0 Å². The van der Waals surface area contributed by atoms with Gasteiger partial charge in [0.25, 0.3) is 0 Å². The zero-order chi connectivity index (χ0) is 14.0. The Morgan fingerprint density at radius 1 is 1.32 bits per heavy atom. The molecule has 0 aromatic heterocycles. The molecule has 0 bridgehead atoms. The number of nitrogens with zero attached hydrogens (tertiary/aromatic N) is 1. The van der Waals surface area contributed by atoms with Crippen molar-refractivity contribution in [2.45, 2.75) is 26.2 Å². The van der Waals surface area contributed by atoms with Crippen molar-refractivity contribution in [1.29, 1.82) is 0 Å². The molecule has 0 saturated carbocycles. The Hall–Kier alpha value is -2.17. The first-order chi connectivity index (χ1) is 8.97. The number of Topliss-reactive ketones (excluding diaryl/α,β-unsaturated/α-hetero) is 1. The van der Waals surface area contributed by atoms with Gasteiger partial charge in [0.2, 0.25) is 11.8 Å². The highest BCUT2D eigenvalue weighted by Gasteiger charge is 2.23. The molecule has 0 radical (unpaired) electrons. The number of hydrogen-bond acceptors (Lipinski definition) is 3. The lowest BCUT2D eigenvalue weighted by Crippen LogP contribution is -2.20. The number of rotatable bonds is 4. The molecule has 0 saturated heterocycles. The van der Waals surface area contributed by atoms with Crippen LogP contribution in [0, 0.1) is 0 Å². The standard InChI is InChI=1S/C14H16N2O3/c1-9(17)3-6-13(18)15-11-4-5-12-10(7-11)8-14(19)16(12)2/h4-5,7H,3,6,8H2,1-2H3,(H,15,18). The van der Waals surface area contributed by atoms with Crippen molar-refractivity contribution < 1.29 is 14.4 Å². The van der Waals surface area contributed by atoms with E-state index in [1.807, 2.05) is 12.1 Å². The molecular formula is C14H16N2O3. The van der Waals surface area contributed by atoms with Gasteiger partial charge >= 0.3 is 0 Å². The molecular weight excluding hydrogens is 244 g/mol. The highest BCUT2D eigenvalue weighted by Crippen LogP contribution is 2.29. The number of nitrogens with one attached hydrogen (secondary N) is 1. The van der Waals surface area contributed by atoms with Gasteiger partial charge in [-0.1, -0.05) is 0 Å². The molecule has 5 heteroatoms. The van der Waals surface area contributed by atoms with E-state index in [0.717, 1.165) is 11.3 Å². The summed E-state index contributed by atoms with van der Waals surface area (Å²) >= 11 is 0. The maximum absolute atomic E-state index is 11.6. The minimum absolute atomic E-state index is 0.00340. The van der Waals surface area contributed by atoms with Gasteiger partial charge in [-0.2, -0.15) is 0 Å². The van der Waals surface area contributed by atoms with Crippen molar-refractivity contribution in [3.63, 3.8) is 0 Å². The Balaban J connectivity index is 2.04. The topological polar surface area (TPSA) is 66.5 Å². The van der Waals surface area contributed by atoms with Crippen LogP contribution >= 0.6 is 0 Å². The summed E-state index contributed by atoms with van der Waals surface area (Å²) in [7, 11) is 1.74. The van der Waals surface area contributed by atoms with E-state index in [1.54, 1.807) is 18.0 Å². The van der Waals surface area contributed by atoms with Gasteiger partial charge in [-0.3, -0.25) is 9.59 Å². The second-order valence-electron chi connectivity index (χ2n) is 4.72. The molecule has 19 heavy (non-hydrogen) atoms. The van der Waals surface area contributed by atoms with Gasteiger partial charge in [0.1, 0.15) is 5.78 Å². The Bertz CT molecular complexity index is 552. The molecule has 0 aliphatic carbocycles. The van der Waals surface area contributed by atoms with E-state index >= 15 is 0 Å². The molecule has 1 heterocycles. The van der Waals surface area contributed by atoms with Crippen molar-refractivity contribution >= 4 is 29.0 Å². The third-order valence-electron chi connectivity index (χ3n) is 3.14. The minimum atomic E-state index is -0.187. The summed E-state index contributed by atoms with van der Waals surface area (Å²) in [5, 5.41) is 2.74. The minimum Gasteiger partial charge on any atom is -0.326 e. The fourth-order valence-corrected chi connectivity index (χ4v) is 2.06. The molecule has 0 atom stereocenters. The molecule has 2 rings (SSSR count). The number of amides is 2. The second kappa shape index (κ2) is 5.22. The quantitative estimate of drug-likeness (QED) is 0.892. The highest BCUT2D eigenvalue weighted by molar-refractivity contribution is 6.02. The molecule has 0 unspecified atom stereocenters. The lowest BCUT2D eigenvalue weighted by molar-refractivity contribution is -0.121. The van der Waals surface area contributed by atoms with Crippen molar-refractivity contribution in [1.82, 2.24) is 0 Å². The number of likely N-dealkylation sites (N-methyl/N-ethyl adjacent to an activating group) is 1. The fourth-order valence-electron chi connectivity index (χ4n) is 2.06. The molecule has 1 aromatic carbocycles. The Kier molecular flexibility index (Phi) is 3.64. The molecule has 1 N–H and O–H groups in total. The second-order valence-corrected chi connectivity index (χ2v) is 4.72. The normalized spacial score (nSPS) is 13.4. The summed E-state index contributed by atoms with van der Waals surface area (Å²) in [6.45, 7) is 1.46. The summed E-state index contributed by atoms with van der Waals surface area (Å²) in [6, 6.07) is 5.39. The van der Waals surface area contributed by atoms with Gasteiger partial charge in [0.15, 0.2) is 0 Å². The third-order valence-corrected chi connectivity index (χ3v) is 3.14. The molecule has 0 spiro atoms. The zero-order valence-electron chi connectivity index (χ0n) is 11.0. The fraction of sp³-hybridized carbons (Fsp3) is 0.357. The van der Waals surface area contributed by atoms with Crippen LogP contribution in [0.5, 0.6) is 0 Å². The summed E-state index contributed by atoms with van der Waals surface area (Å²) in [6.07, 6.45) is 0.798. The smallest absolute Gasteiger partial charge is 0.231 e. The van der Waals surface area contributed by atoms with E-state index in [2.05, 4.69) is 5.32 Å². The van der Waals surface area contributed by atoms with E-state index in [0.29, 0.717) is 12.1 Å². The highest BCUT2D eigenvalue weighted by atomic mass is 16.2. The Morgan fingerprint density at radius 2 is 2.05 bits per heavy atom. The van der Waals surface area contributed by atoms with Crippen LogP contribution in [0.4, 0.5) is 11.4 Å². The van der Waals surface area contributed by atoms with Crippen molar-refractivity contribution in [3.05, 3.63) is 23.8 Å². The SMILES string of the molecule is CC(=O)CCC(=O)Nc1ccc2c(c1)CC(=O)N2C. The monoisotopic (exact) mass is 260 g/mol. The third kappa shape index (κ3) is 2.99. The van der Waals surface area contributed by atoms with E-state index < -0.39 is 0 Å². The van der Waals surface area contributed by atoms with Crippen LogP contribution in [0.15, 0.2) is 18.2 Å². The Labute approximate surface area is 111 Å². The maximum atomic E-state index is 11.6. The number of anilines is 2. The first-order valence-corrected chi connectivity index (χ1v) is 6.16. The van der Waals surface area contributed by atoms with Crippen LogP contribution in [0.2, 0.25) is 0 Å². The first-order valence-electron chi connectivity index (χ1n) is 6.16. The predicted octanol–water partition coefficient (Wildman–Crippen LogP) is 1.51. The number of benzene rings is 1. The average molecular weight is 260 g/mol. The van der Waals surface area contributed by atoms with Crippen LogP contribution in [-0.4, -0.2) is 24.6 Å². The molecule has 100 valence electrons. The van der Waals surface area contributed by atoms with Crippen LogP contribution in [-0.2, 0) is 20.8 Å². The largest absolute Gasteiger partial charge is 0.326 e. The van der Waals surface area contributed by atoms with Crippen LogP contribution in [0.25, 0.3) is 0 Å². The summed E-state index contributed by atoms with van der Waals surface area (Å²) in [5.41, 5.74) is 2.46. The van der Waals surface area contributed by atoms with Crippen molar-refractivity contribution in [3.8, 4) is 0 Å². The molecule has 0 fully saturated rings. The van der Waals surface area contributed by atoms with Crippen LogP contribution < -0.4 is 10.2 Å². The number of carbonyl (C=O) groups is 3. The lowest BCUT2D eigenvalue weighted by Gasteiger charge is -2.11. The van der Waals surface area contributed by atoms with Gasteiger partial charge in [-0.05, 0) is 30.7 Å². The average Bonchev–Trinajstić information content (AvgIpc) is 2.62. The van der Waals surface area contributed by atoms with E-state index in [4.69, 9.17) is 0 Å². The van der Waals surface area contributed by atoms with Gasteiger partial charge < -0.3 is 15.0 Å². The predicted molar refractivity (Wildman–Crippen MR) is 72.1 cm³/mol. The molecule has 1 aliphatic rings. The number of hydrogen-bond donors (Lipinski definition) is 1. The summed E-state index contributed by atoms with van der Waals surface area (Å²) in [4.78, 5) is 35.6. The van der Waals surface area contributed by atoms with Gasteiger partial charge in [-0.25, -0.2) is 0 Å². The van der Waals surface area contributed by atoms with Gasteiger partial charge in [0, 0.05) is 31.3 Å². The van der Waals surface area contributed by atoms with Crippen molar-refractivity contribution in [2.75, 3.05) is 17.3 Å². The van der Waals surface area contributed by atoms with E-state index in [-0.39, 0.29) is 30.4 Å². The number of ketones is 1. The molecule has 1 aromatic rings. The van der Waals surface area contributed by atoms with E-state index in [9.17, 15) is 14.4 Å². The zero-order valence-corrected chi connectivity index (χ0v) is 11.0. The van der Waals surface area contributed by atoms with E-state index in [1.165, 1.54) is 6.92 Å². The molecule has 1 aliphatic heterocycles. The Morgan fingerprint density at radius 3 is 2.74 bits per heavy atom. The summed E-state index contributed by atoms with van der Waals surface area (Å²) in [5.74, 6) is -0.140. The lowest BCUT2D eigenvalue weighted by atomic mass is 10.1.